The molecule has 61 heavy (non-hydrogen) atoms. The Morgan fingerprint density at radius 3 is 2.21 bits per heavy atom. The van der Waals surface area contributed by atoms with Gasteiger partial charge in [0.1, 0.15) is 23.8 Å². The number of amides is 4. The lowest BCUT2D eigenvalue weighted by Crippen LogP contribution is -2.60. The van der Waals surface area contributed by atoms with Crippen LogP contribution in [0, 0.1) is 17.3 Å². The smallest absolute Gasteiger partial charge is 0.410 e. The molecule has 0 saturated carbocycles. The van der Waals surface area contributed by atoms with E-state index >= 15 is 8.78 Å². The summed E-state index contributed by atoms with van der Waals surface area (Å²) in [5.74, 6) is -1.25. The molecule has 13 nitrogen and oxygen atoms in total. The summed E-state index contributed by atoms with van der Waals surface area (Å²) >= 11 is 1.07. The van der Waals surface area contributed by atoms with Crippen molar-refractivity contribution in [3.8, 4) is 0 Å². The van der Waals surface area contributed by atoms with Crippen LogP contribution in [0.2, 0.25) is 0 Å². The van der Waals surface area contributed by atoms with Crippen LogP contribution < -0.4 is 5.32 Å². The molecule has 334 valence electrons. The Morgan fingerprint density at radius 1 is 0.918 bits per heavy atom. The number of nitrogens with one attached hydrogen (secondary N) is 1. The first-order valence-electron chi connectivity index (χ1n) is 21.0. The second kappa shape index (κ2) is 18.4. The molecule has 3 fully saturated rings. The summed E-state index contributed by atoms with van der Waals surface area (Å²) < 4.78 is 66.5. The Balaban J connectivity index is 1.23. The molecule has 1 N–H and O–H groups in total. The van der Waals surface area contributed by atoms with Crippen LogP contribution in [0.25, 0.3) is 10.1 Å². The minimum absolute atomic E-state index is 0.112. The number of carbonyl (C=O) groups excluding carboxylic acids is 4. The molecule has 3 aliphatic rings. The van der Waals surface area contributed by atoms with Crippen LogP contribution >= 0.6 is 18.9 Å². The number of halogens is 2. The van der Waals surface area contributed by atoms with Crippen LogP contribution in [0.4, 0.5) is 13.6 Å². The lowest BCUT2D eigenvalue weighted by Gasteiger charge is -2.43. The summed E-state index contributed by atoms with van der Waals surface area (Å²) in [6.45, 7) is 15.7. The maximum absolute atomic E-state index is 15.7. The molecule has 3 aromatic rings. The highest BCUT2D eigenvalue weighted by atomic mass is 32.1. The highest BCUT2D eigenvalue weighted by Gasteiger charge is 2.55. The first-order chi connectivity index (χ1) is 28.7. The zero-order chi connectivity index (χ0) is 44.5. The molecule has 4 heterocycles. The number of benzene rings is 2. The summed E-state index contributed by atoms with van der Waals surface area (Å²) in [6, 6.07) is 13.0. The SMILES string of the molecule is CCOP(=O)(OCC)C(F)(F)c1ccc2sc(C(=O)N[C@H](C(=O)N3CC[C@@H](CC4CN(C(=O)OC(C)(C)C)C4)[C@H]3C(=O)N3CCO[C@H](c4ccccc4)C3)C(C)(C)C)cc2c1. The summed E-state index contributed by atoms with van der Waals surface area (Å²) in [5.41, 5.74) is -5.01. The van der Waals surface area contributed by atoms with Crippen molar-refractivity contribution in [1.29, 1.82) is 0 Å². The summed E-state index contributed by atoms with van der Waals surface area (Å²) in [6.07, 6.45) is 0.465. The largest absolute Gasteiger partial charge is 0.444 e. The minimum Gasteiger partial charge on any atom is -0.444 e. The number of rotatable bonds is 13. The van der Waals surface area contributed by atoms with E-state index in [0.717, 1.165) is 23.0 Å². The average molecular weight is 889 g/mol. The standard InChI is InChI=1S/C44H59F2N4O9PS/c1-9-57-60(55,58-10-2)44(45,46)32-16-17-34-31(23-32)24-35(61-34)38(51)47-37(42(3,4)5)40(53)50-19-18-30(22-28-25-49(26-28)41(54)59-43(6,7)8)36(50)39(52)48-20-21-56-33(27-48)29-14-12-11-13-15-29/h11-17,23-24,28,30,33,36-37H,9-10,18-22,25-27H2,1-8H3,(H,47,51)/t30-,33-,36-,37+/m0/s1. The highest BCUT2D eigenvalue weighted by molar-refractivity contribution is 7.54. The van der Waals surface area contributed by atoms with Gasteiger partial charge in [-0.3, -0.25) is 18.9 Å². The van der Waals surface area contributed by atoms with Gasteiger partial charge < -0.3 is 38.5 Å². The van der Waals surface area contributed by atoms with Crippen LogP contribution in [-0.4, -0.2) is 109 Å². The topological polar surface area (TPSA) is 144 Å². The van der Waals surface area contributed by atoms with Gasteiger partial charge in [-0.05, 0) is 93.9 Å². The van der Waals surface area contributed by atoms with E-state index in [4.69, 9.17) is 18.5 Å². The van der Waals surface area contributed by atoms with Gasteiger partial charge in [0.25, 0.3) is 5.91 Å². The van der Waals surface area contributed by atoms with Crippen LogP contribution in [-0.2, 0) is 38.3 Å². The molecule has 3 saturated heterocycles. The first kappa shape index (κ1) is 46.6. The first-order valence-corrected chi connectivity index (χ1v) is 23.4. The van der Waals surface area contributed by atoms with Crippen molar-refractivity contribution in [3.63, 3.8) is 0 Å². The van der Waals surface area contributed by atoms with E-state index in [1.165, 1.54) is 32.0 Å². The quantitative estimate of drug-likeness (QED) is 0.167. The van der Waals surface area contributed by atoms with Crippen molar-refractivity contribution in [2.45, 2.75) is 97.7 Å². The molecule has 0 unspecified atom stereocenters. The lowest BCUT2D eigenvalue weighted by molar-refractivity contribution is -0.152. The van der Waals surface area contributed by atoms with Gasteiger partial charge in [-0.2, -0.15) is 8.78 Å². The Hall–Kier alpha value is -3.95. The normalized spacial score (nSPS) is 21.0. The van der Waals surface area contributed by atoms with Gasteiger partial charge in [-0.15, -0.1) is 11.3 Å². The van der Waals surface area contributed by atoms with Gasteiger partial charge in [-0.25, -0.2) is 4.79 Å². The molecule has 6 rings (SSSR count). The molecule has 0 radical (unpaired) electrons. The number of hydrogen-bond acceptors (Lipinski definition) is 10. The Kier molecular flexibility index (Phi) is 14.1. The molecular formula is C44H59F2N4O9PS. The van der Waals surface area contributed by atoms with Crippen molar-refractivity contribution in [2.24, 2.45) is 17.3 Å². The van der Waals surface area contributed by atoms with E-state index in [1.807, 2.05) is 71.9 Å². The van der Waals surface area contributed by atoms with Gasteiger partial charge >= 0.3 is 19.4 Å². The molecule has 0 aliphatic carbocycles. The number of alkyl halides is 2. The summed E-state index contributed by atoms with van der Waals surface area (Å²) in [4.78, 5) is 61.7. The van der Waals surface area contributed by atoms with Crippen molar-refractivity contribution in [2.75, 3.05) is 52.5 Å². The van der Waals surface area contributed by atoms with E-state index in [9.17, 15) is 23.7 Å². The maximum atomic E-state index is 15.7. The lowest BCUT2D eigenvalue weighted by atomic mass is 9.83. The number of thiophene rings is 1. The molecule has 4 atom stereocenters. The van der Waals surface area contributed by atoms with Crippen molar-refractivity contribution in [3.05, 3.63) is 70.6 Å². The average Bonchev–Trinajstić information content (AvgIpc) is 3.81. The molecule has 1 aromatic heterocycles. The molecule has 2 aromatic carbocycles. The summed E-state index contributed by atoms with van der Waals surface area (Å²) in [5, 5.41) is 3.26. The van der Waals surface area contributed by atoms with E-state index in [1.54, 1.807) is 14.7 Å². The number of likely N-dealkylation sites (tertiary alicyclic amines) is 2. The van der Waals surface area contributed by atoms with E-state index in [0.29, 0.717) is 62.3 Å². The fourth-order valence-corrected chi connectivity index (χ4v) is 10.8. The predicted molar refractivity (Wildman–Crippen MR) is 229 cm³/mol. The monoisotopic (exact) mass is 888 g/mol. The number of fused-ring (bicyclic) bond motifs is 1. The maximum Gasteiger partial charge on any atom is 0.410 e. The minimum atomic E-state index is -4.86. The molecule has 0 spiro atoms. The second-order valence-corrected chi connectivity index (χ2v) is 21.2. The number of hydrogen-bond donors (Lipinski definition) is 1. The van der Waals surface area contributed by atoms with Crippen LogP contribution in [0.15, 0.2) is 54.6 Å². The fraction of sp³-hybridized carbons (Fsp3) is 0.591. The third-order valence-corrected chi connectivity index (χ3v) is 14.5. The van der Waals surface area contributed by atoms with Gasteiger partial charge in [0.15, 0.2) is 0 Å². The fourth-order valence-electron chi connectivity index (χ4n) is 8.27. The van der Waals surface area contributed by atoms with Gasteiger partial charge in [-0.1, -0.05) is 57.2 Å². The number of ether oxygens (including phenoxy) is 2. The van der Waals surface area contributed by atoms with Gasteiger partial charge in [0.2, 0.25) is 11.8 Å². The van der Waals surface area contributed by atoms with Crippen molar-refractivity contribution < 1.29 is 51.0 Å². The van der Waals surface area contributed by atoms with E-state index in [-0.39, 0.29) is 48.0 Å². The van der Waals surface area contributed by atoms with Crippen molar-refractivity contribution in [1.82, 2.24) is 20.0 Å². The van der Waals surface area contributed by atoms with Crippen molar-refractivity contribution >= 4 is 52.8 Å². The zero-order valence-electron chi connectivity index (χ0n) is 36.3. The zero-order valence-corrected chi connectivity index (χ0v) is 38.0. The third kappa shape index (κ3) is 10.3. The molecule has 3 aliphatic heterocycles. The summed E-state index contributed by atoms with van der Waals surface area (Å²) in [7, 11) is -4.86. The van der Waals surface area contributed by atoms with Crippen LogP contribution in [0.5, 0.6) is 0 Å². The molecule has 4 amide bonds. The Bertz CT molecular complexity index is 2110. The van der Waals surface area contributed by atoms with Gasteiger partial charge in [0, 0.05) is 36.4 Å². The van der Waals surface area contributed by atoms with Gasteiger partial charge in [0.05, 0.1) is 31.2 Å². The number of morpholine rings is 1. The van der Waals surface area contributed by atoms with Crippen LogP contribution in [0.1, 0.15) is 95.1 Å². The second-order valence-electron chi connectivity index (χ2n) is 18.1. The molecular weight excluding hydrogens is 830 g/mol. The van der Waals surface area contributed by atoms with Crippen LogP contribution in [0.3, 0.4) is 0 Å². The Labute approximate surface area is 360 Å². The number of carbonyl (C=O) groups is 4. The van der Waals surface area contributed by atoms with E-state index < -0.39 is 53.7 Å². The molecule has 0 bridgehead atoms. The third-order valence-electron chi connectivity index (χ3n) is 11.3. The predicted octanol–water partition coefficient (Wildman–Crippen LogP) is 8.44. The van der Waals surface area contributed by atoms with E-state index in [2.05, 4.69) is 5.32 Å². The number of nitrogens with zero attached hydrogens (tertiary/aromatic N) is 3. The molecule has 17 heteroatoms. The highest BCUT2D eigenvalue weighted by Crippen LogP contribution is 2.67. The Morgan fingerprint density at radius 2 is 1.59 bits per heavy atom.